The average Bonchev–Trinajstić information content (AvgIpc) is 3.05. The van der Waals surface area contributed by atoms with Gasteiger partial charge in [-0.15, -0.1) is 0 Å². The van der Waals surface area contributed by atoms with Crippen LogP contribution in [-0.4, -0.2) is 50.0 Å². The Hall–Kier alpha value is -3.72. The molecule has 2 amide bonds. The fourth-order valence-corrected chi connectivity index (χ4v) is 9.69. The van der Waals surface area contributed by atoms with E-state index in [1.165, 1.54) is 61.1 Å². The SMILES string of the molecule is CC[C@@H](C)NC(=O)[C@@H](Cc1ccccc1)N(Cc1ccc(F)cc1)C(=O)CN(c1ccc(C23CC4CC(CC(C4)C2)C3)cc1)S(C)(=O)=O. The van der Waals surface area contributed by atoms with Crippen LogP contribution in [0.15, 0.2) is 78.9 Å². The number of anilines is 1. The lowest BCUT2D eigenvalue weighted by molar-refractivity contribution is -0.140. The summed E-state index contributed by atoms with van der Waals surface area (Å²) in [7, 11) is -3.87. The second kappa shape index (κ2) is 14.0. The molecule has 2 atom stereocenters. The fraction of sp³-hybridized carbons (Fsp3) is 0.487. The summed E-state index contributed by atoms with van der Waals surface area (Å²) in [6.07, 6.45) is 9.68. The largest absolute Gasteiger partial charge is 0.352 e. The minimum Gasteiger partial charge on any atom is -0.352 e. The van der Waals surface area contributed by atoms with Crippen LogP contribution in [0.25, 0.3) is 0 Å². The fourth-order valence-electron chi connectivity index (χ4n) is 8.84. The third-order valence-electron chi connectivity index (χ3n) is 11.0. The van der Waals surface area contributed by atoms with Crippen LogP contribution in [0, 0.1) is 23.6 Å². The monoisotopic (exact) mass is 673 g/mol. The molecule has 4 bridgehead atoms. The van der Waals surface area contributed by atoms with Gasteiger partial charge in [-0.2, -0.15) is 0 Å². The van der Waals surface area contributed by atoms with Gasteiger partial charge in [0.25, 0.3) is 0 Å². The van der Waals surface area contributed by atoms with Crippen LogP contribution in [0.5, 0.6) is 0 Å². The maximum atomic E-state index is 14.4. The molecule has 0 heterocycles. The number of rotatable bonds is 13. The van der Waals surface area contributed by atoms with Crippen molar-refractivity contribution in [1.29, 1.82) is 0 Å². The Morgan fingerprint density at radius 1 is 0.875 bits per heavy atom. The van der Waals surface area contributed by atoms with Crippen molar-refractivity contribution in [3.63, 3.8) is 0 Å². The van der Waals surface area contributed by atoms with E-state index < -0.39 is 34.3 Å². The maximum absolute atomic E-state index is 14.4. The molecular formula is C39H48FN3O4S. The topological polar surface area (TPSA) is 86.8 Å². The number of benzene rings is 3. The molecule has 0 unspecified atom stereocenters. The molecule has 0 radical (unpaired) electrons. The van der Waals surface area contributed by atoms with Crippen molar-refractivity contribution in [2.24, 2.45) is 17.8 Å². The van der Waals surface area contributed by atoms with Gasteiger partial charge in [0.05, 0.1) is 11.9 Å². The van der Waals surface area contributed by atoms with Gasteiger partial charge in [-0.05, 0) is 116 Å². The Morgan fingerprint density at radius 3 is 2.00 bits per heavy atom. The molecular weight excluding hydrogens is 626 g/mol. The summed E-state index contributed by atoms with van der Waals surface area (Å²) in [5.41, 5.74) is 3.35. The lowest BCUT2D eigenvalue weighted by Gasteiger charge is -2.57. The maximum Gasteiger partial charge on any atom is 0.244 e. The molecule has 0 saturated heterocycles. The van der Waals surface area contributed by atoms with Crippen LogP contribution >= 0.6 is 0 Å². The van der Waals surface area contributed by atoms with E-state index in [0.717, 1.165) is 33.9 Å². The summed E-state index contributed by atoms with van der Waals surface area (Å²) < 4.78 is 41.6. The minimum absolute atomic E-state index is 0.00704. The van der Waals surface area contributed by atoms with Crippen molar-refractivity contribution in [1.82, 2.24) is 10.2 Å². The quantitative estimate of drug-likeness (QED) is 0.221. The number of hydrogen-bond acceptors (Lipinski definition) is 4. The normalized spacial score (nSPS) is 24.1. The molecule has 0 aromatic heterocycles. The van der Waals surface area contributed by atoms with Crippen molar-refractivity contribution in [3.05, 3.63) is 101 Å². The van der Waals surface area contributed by atoms with E-state index >= 15 is 0 Å². The molecule has 1 N–H and O–H groups in total. The third kappa shape index (κ3) is 7.61. The Bertz CT molecular complexity index is 1660. The van der Waals surface area contributed by atoms with Gasteiger partial charge in [0, 0.05) is 19.0 Å². The van der Waals surface area contributed by atoms with Gasteiger partial charge >= 0.3 is 0 Å². The van der Waals surface area contributed by atoms with Gasteiger partial charge < -0.3 is 10.2 Å². The Labute approximate surface area is 285 Å². The van der Waals surface area contributed by atoms with Gasteiger partial charge in [-0.25, -0.2) is 12.8 Å². The van der Waals surface area contributed by atoms with Gasteiger partial charge in [0.1, 0.15) is 18.4 Å². The molecule has 4 aliphatic carbocycles. The number of nitrogens with zero attached hydrogens (tertiary/aromatic N) is 2. The second-order valence-electron chi connectivity index (χ2n) is 14.7. The van der Waals surface area contributed by atoms with Crippen molar-refractivity contribution in [2.45, 2.75) is 89.3 Å². The summed E-state index contributed by atoms with van der Waals surface area (Å²) in [6, 6.07) is 22.0. The molecule has 7 rings (SSSR count). The van der Waals surface area contributed by atoms with Crippen molar-refractivity contribution < 1.29 is 22.4 Å². The van der Waals surface area contributed by atoms with Crippen LogP contribution < -0.4 is 9.62 Å². The van der Waals surface area contributed by atoms with E-state index in [1.54, 1.807) is 12.1 Å². The Kier molecular flexibility index (Phi) is 9.98. The van der Waals surface area contributed by atoms with E-state index in [-0.39, 0.29) is 30.3 Å². The Morgan fingerprint density at radius 2 is 1.46 bits per heavy atom. The summed E-state index contributed by atoms with van der Waals surface area (Å²) in [6.45, 7) is 3.41. The zero-order valence-corrected chi connectivity index (χ0v) is 29.1. The van der Waals surface area contributed by atoms with Crippen molar-refractivity contribution in [3.8, 4) is 0 Å². The summed E-state index contributed by atoms with van der Waals surface area (Å²) in [5, 5.41) is 3.03. The van der Waals surface area contributed by atoms with Gasteiger partial charge in [-0.3, -0.25) is 13.9 Å². The summed E-state index contributed by atoms with van der Waals surface area (Å²) in [4.78, 5) is 29.7. The highest BCUT2D eigenvalue weighted by atomic mass is 32.2. The highest BCUT2D eigenvalue weighted by Gasteiger charge is 2.51. The molecule has 48 heavy (non-hydrogen) atoms. The number of halogens is 1. The van der Waals surface area contributed by atoms with Crippen LogP contribution in [0.1, 0.15) is 75.5 Å². The number of hydrogen-bond donors (Lipinski definition) is 1. The van der Waals surface area contributed by atoms with E-state index in [4.69, 9.17) is 0 Å². The first-order valence-electron chi connectivity index (χ1n) is 17.4. The molecule has 3 aromatic rings. The van der Waals surface area contributed by atoms with Gasteiger partial charge in [0.15, 0.2) is 0 Å². The molecule has 9 heteroatoms. The van der Waals surface area contributed by atoms with E-state index in [2.05, 4.69) is 17.4 Å². The molecule has 3 aromatic carbocycles. The number of carbonyl (C=O) groups is 2. The first-order valence-corrected chi connectivity index (χ1v) is 19.2. The zero-order valence-electron chi connectivity index (χ0n) is 28.3. The highest BCUT2D eigenvalue weighted by Crippen LogP contribution is 2.60. The third-order valence-corrected chi connectivity index (χ3v) is 12.2. The smallest absolute Gasteiger partial charge is 0.244 e. The minimum atomic E-state index is -3.87. The average molecular weight is 674 g/mol. The molecule has 7 nitrogen and oxygen atoms in total. The molecule has 4 saturated carbocycles. The Balaban J connectivity index is 1.30. The highest BCUT2D eigenvalue weighted by molar-refractivity contribution is 7.92. The molecule has 4 aliphatic rings. The summed E-state index contributed by atoms with van der Waals surface area (Å²) in [5.74, 6) is 1.11. The number of nitrogens with one attached hydrogen (secondary N) is 1. The molecule has 4 fully saturated rings. The van der Waals surface area contributed by atoms with E-state index in [0.29, 0.717) is 17.7 Å². The van der Waals surface area contributed by atoms with Crippen molar-refractivity contribution in [2.75, 3.05) is 17.1 Å². The first-order chi connectivity index (χ1) is 22.9. The standard InChI is InChI=1S/C39H48FN3O4S/c1-4-27(2)41-38(45)36(21-28-8-6-5-7-9-28)42(25-29-10-14-34(40)15-11-29)37(44)26-43(48(3,46)47)35-16-12-33(13-17-35)39-22-30-18-31(23-39)20-32(19-30)24-39/h5-17,27,30-32,36H,4,18-26H2,1-3H3,(H,41,45)/t27-,30?,31?,32?,36-,39?/m1/s1. The van der Waals surface area contributed by atoms with Crippen LogP contribution in [-0.2, 0) is 38.0 Å². The van der Waals surface area contributed by atoms with Gasteiger partial charge in [-0.1, -0.05) is 61.5 Å². The number of carbonyl (C=O) groups excluding carboxylic acids is 2. The molecule has 0 aliphatic heterocycles. The van der Waals surface area contributed by atoms with Crippen LogP contribution in [0.4, 0.5) is 10.1 Å². The lowest BCUT2D eigenvalue weighted by Crippen LogP contribution is -2.54. The van der Waals surface area contributed by atoms with E-state index in [1.807, 2.05) is 56.3 Å². The molecule has 0 spiro atoms. The first kappa shape index (κ1) is 34.2. The second-order valence-corrected chi connectivity index (χ2v) is 16.6. The summed E-state index contributed by atoms with van der Waals surface area (Å²) >= 11 is 0. The number of sulfonamides is 1. The zero-order chi connectivity index (χ0) is 34.1. The van der Waals surface area contributed by atoms with Crippen LogP contribution in [0.2, 0.25) is 0 Å². The van der Waals surface area contributed by atoms with Crippen molar-refractivity contribution >= 4 is 27.5 Å². The van der Waals surface area contributed by atoms with Crippen LogP contribution in [0.3, 0.4) is 0 Å². The predicted octanol–water partition coefficient (Wildman–Crippen LogP) is 6.61. The molecule has 256 valence electrons. The van der Waals surface area contributed by atoms with E-state index in [9.17, 15) is 22.4 Å². The van der Waals surface area contributed by atoms with Gasteiger partial charge in [0.2, 0.25) is 21.8 Å². The predicted molar refractivity (Wildman–Crippen MR) is 187 cm³/mol. The lowest BCUT2D eigenvalue weighted by atomic mass is 9.48. The number of amides is 2.